The van der Waals surface area contributed by atoms with Crippen LogP contribution in [-0.4, -0.2) is 35.6 Å². The Kier molecular flexibility index (Phi) is 26.7. The third-order valence-electron chi connectivity index (χ3n) is 9.30. The van der Waals surface area contributed by atoms with Gasteiger partial charge in [0, 0.05) is 29.8 Å². The smallest absolute Gasteiger partial charge is 0.0413 e. The summed E-state index contributed by atoms with van der Waals surface area (Å²) < 4.78 is 0. The number of hydrogen-bond acceptors (Lipinski definition) is 2. The number of hydrogen-bond donors (Lipinski definition) is 2. The zero-order valence-corrected chi connectivity index (χ0v) is 30.6. The number of nitrogens with zero attached hydrogens (tertiary/aromatic N) is 1. The van der Waals surface area contributed by atoms with Crippen LogP contribution in [0.4, 0.5) is 0 Å². The fourth-order valence-corrected chi connectivity index (χ4v) is 6.59. The molecule has 2 N–H and O–H groups in total. The van der Waals surface area contributed by atoms with Crippen molar-refractivity contribution in [1.82, 2.24) is 15.2 Å². The van der Waals surface area contributed by atoms with Crippen LogP contribution in [0.2, 0.25) is 0 Å². The van der Waals surface area contributed by atoms with Gasteiger partial charge in [0.1, 0.15) is 0 Å². The predicted molar refractivity (Wildman–Crippen MR) is 200 cm³/mol. The van der Waals surface area contributed by atoms with Crippen molar-refractivity contribution in [2.45, 2.75) is 195 Å². The van der Waals surface area contributed by atoms with E-state index in [9.17, 15) is 0 Å². The number of rotatable bonds is 31. The molecule has 3 heteroatoms. The van der Waals surface area contributed by atoms with Gasteiger partial charge in [0.2, 0.25) is 0 Å². The maximum absolute atomic E-state index is 4.33. The van der Waals surface area contributed by atoms with Gasteiger partial charge in [-0.05, 0) is 69.3 Å². The van der Waals surface area contributed by atoms with Gasteiger partial charge in [-0.3, -0.25) is 4.90 Å². The molecule has 0 aliphatic carbocycles. The molecular weight excluding hydrogens is 534 g/mol. The van der Waals surface area contributed by atoms with Crippen molar-refractivity contribution >= 4 is 12.2 Å². The van der Waals surface area contributed by atoms with Crippen molar-refractivity contribution in [2.24, 2.45) is 0 Å². The molecule has 0 aliphatic heterocycles. The monoisotopic (exact) mass is 612 g/mol. The highest BCUT2D eigenvalue weighted by atomic mass is 15.1. The summed E-state index contributed by atoms with van der Waals surface area (Å²) in [6.45, 7) is 19.1. The van der Waals surface area contributed by atoms with Gasteiger partial charge in [0.05, 0.1) is 0 Å². The normalized spacial score (nSPS) is 13.3. The van der Waals surface area contributed by atoms with Crippen molar-refractivity contribution in [2.75, 3.05) is 19.6 Å². The molecule has 1 atom stereocenters. The molecule has 1 unspecified atom stereocenters. The van der Waals surface area contributed by atoms with E-state index >= 15 is 0 Å². The second kappa shape index (κ2) is 29.0. The van der Waals surface area contributed by atoms with E-state index in [1.165, 1.54) is 170 Å². The van der Waals surface area contributed by atoms with Crippen LogP contribution in [0.5, 0.6) is 0 Å². The van der Waals surface area contributed by atoms with Crippen LogP contribution in [0.1, 0.15) is 188 Å². The standard InChI is InChI=1S/C41H77N3/c1-7-11-12-13-14-15-16-17-18-19-20-21-22-23-24-25-26-27-28-30-37(5)42-32-31-39-36-43-41(29-8-2)40(39)35-38(6)44(33-9-3)34-10-4/h29,35-36,38,42-43H,5,7-28,30-34H2,1-4,6H3/b40-35-,41-29+. The highest BCUT2D eigenvalue weighted by Gasteiger charge is 2.11. The molecular formula is C41H77N3. The third kappa shape index (κ3) is 20.5. The summed E-state index contributed by atoms with van der Waals surface area (Å²) in [6, 6.07) is 0.450. The summed E-state index contributed by atoms with van der Waals surface area (Å²) in [4.78, 5) is 6.17. The summed E-state index contributed by atoms with van der Waals surface area (Å²) in [7, 11) is 0. The number of allylic oxidation sites excluding steroid dienone is 1. The molecule has 1 aromatic rings. The molecule has 0 saturated heterocycles. The maximum Gasteiger partial charge on any atom is 0.0413 e. The number of aromatic nitrogens is 1. The first-order chi connectivity index (χ1) is 21.6. The molecule has 0 saturated carbocycles. The lowest BCUT2D eigenvalue weighted by molar-refractivity contribution is 0.251. The SMILES string of the molecule is C=C(CCCCCCCCCCCCCCCCCCCCC)NCCc1c[nH]c(=C/CC)/c1=C\C(C)N(CCC)CCC. The first kappa shape index (κ1) is 40.5. The number of H-pyrrole nitrogens is 1. The molecule has 0 bridgehead atoms. The average Bonchev–Trinajstić information content (AvgIpc) is 3.38. The summed E-state index contributed by atoms with van der Waals surface area (Å²) in [5.41, 5.74) is 2.64. The number of aromatic amines is 1. The van der Waals surface area contributed by atoms with Crippen molar-refractivity contribution < 1.29 is 0 Å². The first-order valence-electron chi connectivity index (χ1n) is 19.6. The quantitative estimate of drug-likeness (QED) is 0.0818. The van der Waals surface area contributed by atoms with E-state index in [0.717, 1.165) is 25.8 Å². The number of nitrogens with one attached hydrogen (secondary N) is 2. The van der Waals surface area contributed by atoms with Crippen molar-refractivity contribution in [3.8, 4) is 0 Å². The Morgan fingerprint density at radius 2 is 1.20 bits per heavy atom. The predicted octanol–water partition coefficient (Wildman–Crippen LogP) is 11.0. The first-order valence-corrected chi connectivity index (χ1v) is 19.6. The van der Waals surface area contributed by atoms with Gasteiger partial charge < -0.3 is 10.3 Å². The Bertz CT molecular complexity index is 891. The molecule has 1 rings (SSSR count). The lowest BCUT2D eigenvalue weighted by atomic mass is 10.0. The van der Waals surface area contributed by atoms with E-state index in [0.29, 0.717) is 6.04 Å². The largest absolute Gasteiger partial charge is 0.388 e. The molecule has 256 valence electrons. The molecule has 0 amide bonds. The third-order valence-corrected chi connectivity index (χ3v) is 9.30. The fourth-order valence-electron chi connectivity index (χ4n) is 6.59. The van der Waals surface area contributed by atoms with Gasteiger partial charge in [0.15, 0.2) is 0 Å². The summed E-state index contributed by atoms with van der Waals surface area (Å²) in [5.74, 6) is 0. The van der Waals surface area contributed by atoms with Crippen LogP contribution in [0, 0.1) is 0 Å². The van der Waals surface area contributed by atoms with E-state index in [4.69, 9.17) is 0 Å². The fraction of sp³-hybridized carbons (Fsp3) is 0.805. The van der Waals surface area contributed by atoms with Crippen LogP contribution in [0.15, 0.2) is 18.5 Å². The van der Waals surface area contributed by atoms with Crippen LogP contribution in [0.25, 0.3) is 12.2 Å². The maximum atomic E-state index is 4.33. The average molecular weight is 612 g/mol. The Hall–Kier alpha value is -1.48. The van der Waals surface area contributed by atoms with E-state index < -0.39 is 0 Å². The minimum Gasteiger partial charge on any atom is -0.388 e. The highest BCUT2D eigenvalue weighted by molar-refractivity contribution is 5.37. The zero-order chi connectivity index (χ0) is 32.1. The highest BCUT2D eigenvalue weighted by Crippen LogP contribution is 2.15. The molecule has 44 heavy (non-hydrogen) atoms. The lowest BCUT2D eigenvalue weighted by Gasteiger charge is -2.26. The van der Waals surface area contributed by atoms with Gasteiger partial charge in [-0.15, -0.1) is 0 Å². The number of unbranched alkanes of at least 4 members (excludes halogenated alkanes) is 18. The van der Waals surface area contributed by atoms with Crippen molar-refractivity contribution in [1.29, 1.82) is 0 Å². The summed E-state index contributed by atoms with van der Waals surface area (Å²) in [5, 5.41) is 6.32. The van der Waals surface area contributed by atoms with Gasteiger partial charge in [0.25, 0.3) is 0 Å². The molecule has 0 aromatic carbocycles. The van der Waals surface area contributed by atoms with Gasteiger partial charge in [-0.25, -0.2) is 0 Å². The van der Waals surface area contributed by atoms with Crippen LogP contribution < -0.4 is 15.9 Å². The van der Waals surface area contributed by atoms with Crippen molar-refractivity contribution in [3.05, 3.63) is 34.6 Å². The summed E-state index contributed by atoms with van der Waals surface area (Å²) in [6.07, 6.45) is 39.8. The Morgan fingerprint density at radius 3 is 1.66 bits per heavy atom. The Balaban J connectivity index is 2.13. The van der Waals surface area contributed by atoms with Gasteiger partial charge in [-0.2, -0.15) is 0 Å². The van der Waals surface area contributed by atoms with Crippen LogP contribution in [0.3, 0.4) is 0 Å². The zero-order valence-electron chi connectivity index (χ0n) is 30.6. The molecule has 0 spiro atoms. The van der Waals surface area contributed by atoms with E-state index in [-0.39, 0.29) is 0 Å². The second-order valence-corrected chi connectivity index (χ2v) is 13.6. The van der Waals surface area contributed by atoms with Crippen molar-refractivity contribution in [3.63, 3.8) is 0 Å². The Morgan fingerprint density at radius 1 is 0.727 bits per heavy atom. The minimum atomic E-state index is 0.450. The van der Waals surface area contributed by atoms with Crippen LogP contribution in [-0.2, 0) is 6.42 Å². The summed E-state index contributed by atoms with van der Waals surface area (Å²) >= 11 is 0. The van der Waals surface area contributed by atoms with Crippen LogP contribution >= 0.6 is 0 Å². The van der Waals surface area contributed by atoms with E-state index in [1.54, 1.807) is 0 Å². The molecule has 3 nitrogen and oxygen atoms in total. The van der Waals surface area contributed by atoms with Gasteiger partial charge in [-0.1, -0.05) is 162 Å². The molecule has 1 heterocycles. The van der Waals surface area contributed by atoms with E-state index in [2.05, 4.69) is 74.7 Å². The van der Waals surface area contributed by atoms with Gasteiger partial charge >= 0.3 is 0 Å². The van der Waals surface area contributed by atoms with E-state index in [1.807, 2.05) is 0 Å². The topological polar surface area (TPSA) is 31.1 Å². The molecule has 1 aromatic heterocycles. The lowest BCUT2D eigenvalue weighted by Crippen LogP contribution is -2.37. The molecule has 0 fully saturated rings. The second-order valence-electron chi connectivity index (χ2n) is 13.6. The molecule has 0 radical (unpaired) electrons. The minimum absolute atomic E-state index is 0.450. The Labute approximate surface area is 275 Å². The molecule has 0 aliphatic rings.